The molecular weight excluding hydrogens is 380 g/mol. The fourth-order valence-electron chi connectivity index (χ4n) is 2.34. The first-order valence-electron chi connectivity index (χ1n) is 9.08. The normalized spacial score (nSPS) is 11.4. The molecule has 2 N–H and O–H groups in total. The first-order valence-corrected chi connectivity index (χ1v) is 9.46. The predicted octanol–water partition coefficient (Wildman–Crippen LogP) is 3.77. The summed E-state index contributed by atoms with van der Waals surface area (Å²) in [7, 11) is 0. The molecule has 6 nitrogen and oxygen atoms in total. The number of nitrogens with one attached hydrogen (secondary N) is 2. The van der Waals surface area contributed by atoms with Crippen LogP contribution in [0.3, 0.4) is 0 Å². The highest BCUT2D eigenvalue weighted by molar-refractivity contribution is 6.31. The average molecular weight is 405 g/mol. The minimum Gasteiger partial charge on any atom is -0.484 e. The lowest BCUT2D eigenvalue weighted by molar-refractivity contribution is -0.131. The second-order valence-corrected chi connectivity index (χ2v) is 6.87. The third kappa shape index (κ3) is 6.78. The van der Waals surface area contributed by atoms with Crippen LogP contribution >= 0.6 is 11.6 Å². The number of benzene rings is 2. The van der Waals surface area contributed by atoms with Gasteiger partial charge in [-0.2, -0.15) is 0 Å². The molecule has 1 atom stereocenters. The Hall–Kier alpha value is -2.73. The van der Waals surface area contributed by atoms with E-state index in [1.807, 2.05) is 31.2 Å². The van der Waals surface area contributed by atoms with E-state index in [9.17, 15) is 9.59 Å². The smallest absolute Gasteiger partial charge is 0.276 e. The highest BCUT2D eigenvalue weighted by Crippen LogP contribution is 2.22. The van der Waals surface area contributed by atoms with Gasteiger partial charge in [-0.15, -0.1) is 0 Å². The number of carbonyl (C=O) groups excluding carboxylic acids is 2. The third-order valence-corrected chi connectivity index (χ3v) is 4.70. The lowest BCUT2D eigenvalue weighted by atomic mass is 9.99. The van der Waals surface area contributed by atoms with Crippen molar-refractivity contribution in [2.45, 2.75) is 33.1 Å². The van der Waals surface area contributed by atoms with Crippen molar-refractivity contribution in [3.8, 4) is 11.5 Å². The number of hydrogen-bond acceptors (Lipinski definition) is 4. The largest absolute Gasteiger partial charge is 0.484 e. The molecule has 0 aliphatic rings. The lowest BCUT2D eigenvalue weighted by Crippen LogP contribution is -2.45. The number of halogens is 1. The van der Waals surface area contributed by atoms with Crippen LogP contribution in [0.5, 0.6) is 11.5 Å². The van der Waals surface area contributed by atoms with Gasteiger partial charge in [0.15, 0.2) is 13.2 Å². The van der Waals surface area contributed by atoms with Crippen molar-refractivity contribution in [2.75, 3.05) is 13.2 Å². The molecule has 0 fully saturated rings. The number of carbonyl (C=O) groups is 2. The van der Waals surface area contributed by atoms with Crippen LogP contribution in [0.25, 0.3) is 0 Å². The molecule has 7 heteroatoms. The molecule has 2 aromatic rings. The summed E-state index contributed by atoms with van der Waals surface area (Å²) >= 11 is 5.94. The predicted molar refractivity (Wildman–Crippen MR) is 109 cm³/mol. The van der Waals surface area contributed by atoms with Crippen LogP contribution in [-0.2, 0) is 9.59 Å². The standard InChI is InChI=1S/C21H25ClN2O4/c1-4-14(2)16-5-7-17(8-6-16)27-12-20(25)23-24-21(26)13-28-18-9-10-19(22)15(3)11-18/h5-11,14H,4,12-13H2,1-3H3,(H,23,25)(H,24,26)/t14-/m0/s1. The van der Waals surface area contributed by atoms with Crippen molar-refractivity contribution in [2.24, 2.45) is 0 Å². The quantitative estimate of drug-likeness (QED) is 0.656. The Labute approximate surface area is 170 Å². The van der Waals surface area contributed by atoms with Crippen molar-refractivity contribution in [3.05, 3.63) is 58.6 Å². The fourth-order valence-corrected chi connectivity index (χ4v) is 2.46. The topological polar surface area (TPSA) is 76.7 Å². The number of hydrazine groups is 1. The highest BCUT2D eigenvalue weighted by atomic mass is 35.5. The van der Waals surface area contributed by atoms with Gasteiger partial charge in [0.2, 0.25) is 0 Å². The minimum absolute atomic E-state index is 0.208. The van der Waals surface area contributed by atoms with E-state index in [0.29, 0.717) is 22.4 Å². The highest BCUT2D eigenvalue weighted by Gasteiger charge is 2.08. The SMILES string of the molecule is CC[C@H](C)c1ccc(OCC(=O)NNC(=O)COc2ccc(Cl)c(C)c2)cc1. The van der Waals surface area contributed by atoms with Crippen LogP contribution < -0.4 is 20.3 Å². The Balaban J connectivity index is 1.68. The monoisotopic (exact) mass is 404 g/mol. The lowest BCUT2D eigenvalue weighted by Gasteiger charge is -2.11. The van der Waals surface area contributed by atoms with Crippen molar-refractivity contribution in [1.29, 1.82) is 0 Å². The van der Waals surface area contributed by atoms with E-state index in [1.54, 1.807) is 18.2 Å². The van der Waals surface area contributed by atoms with Gasteiger partial charge < -0.3 is 9.47 Å². The van der Waals surface area contributed by atoms with Gasteiger partial charge >= 0.3 is 0 Å². The first kappa shape index (κ1) is 21.6. The first-order chi connectivity index (χ1) is 13.4. The Kier molecular flexibility index (Phi) is 8.14. The number of rotatable bonds is 8. The zero-order valence-corrected chi connectivity index (χ0v) is 17.0. The molecule has 0 radical (unpaired) electrons. The van der Waals surface area contributed by atoms with Gasteiger partial charge in [-0.05, 0) is 60.7 Å². The van der Waals surface area contributed by atoms with Gasteiger partial charge in [0.25, 0.3) is 11.8 Å². The molecule has 150 valence electrons. The van der Waals surface area contributed by atoms with Crippen molar-refractivity contribution in [1.82, 2.24) is 10.9 Å². The maximum atomic E-state index is 11.8. The molecule has 0 saturated heterocycles. The van der Waals surface area contributed by atoms with Crippen molar-refractivity contribution >= 4 is 23.4 Å². The van der Waals surface area contributed by atoms with Crippen LogP contribution in [-0.4, -0.2) is 25.0 Å². The molecule has 0 bridgehead atoms. The van der Waals surface area contributed by atoms with Crippen LogP contribution in [0.4, 0.5) is 0 Å². The maximum Gasteiger partial charge on any atom is 0.276 e. The van der Waals surface area contributed by atoms with Crippen LogP contribution in [0.2, 0.25) is 5.02 Å². The minimum atomic E-state index is -0.487. The van der Waals surface area contributed by atoms with E-state index in [1.165, 1.54) is 5.56 Å². The molecule has 0 unspecified atom stereocenters. The Morgan fingerprint density at radius 2 is 1.50 bits per heavy atom. The van der Waals surface area contributed by atoms with Gasteiger partial charge in [-0.1, -0.05) is 37.6 Å². The summed E-state index contributed by atoms with van der Waals surface area (Å²) < 4.78 is 10.8. The molecule has 0 heterocycles. The van der Waals surface area contributed by atoms with Crippen LogP contribution in [0.1, 0.15) is 37.3 Å². The Morgan fingerprint density at radius 3 is 2.04 bits per heavy atom. The van der Waals surface area contributed by atoms with Crippen molar-refractivity contribution in [3.63, 3.8) is 0 Å². The maximum absolute atomic E-state index is 11.8. The second kappa shape index (κ2) is 10.6. The number of ether oxygens (including phenoxy) is 2. The van der Waals surface area contributed by atoms with E-state index in [2.05, 4.69) is 24.7 Å². The zero-order chi connectivity index (χ0) is 20.5. The van der Waals surface area contributed by atoms with Crippen LogP contribution in [0.15, 0.2) is 42.5 Å². The number of aryl methyl sites for hydroxylation is 1. The van der Waals surface area contributed by atoms with Crippen molar-refractivity contribution < 1.29 is 19.1 Å². The van der Waals surface area contributed by atoms with Gasteiger partial charge in [0, 0.05) is 5.02 Å². The van der Waals surface area contributed by atoms with E-state index in [-0.39, 0.29) is 13.2 Å². The molecular formula is C21H25ClN2O4. The number of hydrogen-bond donors (Lipinski definition) is 2. The summed E-state index contributed by atoms with van der Waals surface area (Å²) in [5.41, 5.74) is 6.63. The van der Waals surface area contributed by atoms with E-state index in [4.69, 9.17) is 21.1 Å². The summed E-state index contributed by atoms with van der Waals surface area (Å²) in [6.45, 7) is 5.69. The van der Waals surface area contributed by atoms with Gasteiger partial charge in [-0.25, -0.2) is 0 Å². The molecule has 0 saturated carbocycles. The summed E-state index contributed by atoms with van der Waals surface area (Å²) in [5, 5.41) is 0.624. The molecule has 2 aromatic carbocycles. The summed E-state index contributed by atoms with van der Waals surface area (Å²) in [6, 6.07) is 12.7. The molecule has 0 aliphatic heterocycles. The van der Waals surface area contributed by atoms with Gasteiger partial charge in [0.05, 0.1) is 0 Å². The molecule has 0 aromatic heterocycles. The number of amides is 2. The molecule has 28 heavy (non-hydrogen) atoms. The van der Waals surface area contributed by atoms with E-state index < -0.39 is 11.8 Å². The average Bonchev–Trinajstić information content (AvgIpc) is 2.71. The summed E-state index contributed by atoms with van der Waals surface area (Å²) in [6.07, 6.45) is 1.06. The molecule has 0 spiro atoms. The Morgan fingerprint density at radius 1 is 0.964 bits per heavy atom. The summed E-state index contributed by atoms with van der Waals surface area (Å²) in [4.78, 5) is 23.6. The zero-order valence-electron chi connectivity index (χ0n) is 16.3. The second-order valence-electron chi connectivity index (χ2n) is 6.46. The third-order valence-electron chi connectivity index (χ3n) is 4.27. The van der Waals surface area contributed by atoms with E-state index in [0.717, 1.165) is 12.0 Å². The molecule has 2 rings (SSSR count). The molecule has 2 amide bonds. The van der Waals surface area contributed by atoms with Crippen LogP contribution in [0, 0.1) is 6.92 Å². The Bertz CT molecular complexity index is 809. The fraction of sp³-hybridized carbons (Fsp3) is 0.333. The summed E-state index contributed by atoms with van der Waals surface area (Å²) in [5.74, 6) is 0.634. The van der Waals surface area contributed by atoms with E-state index >= 15 is 0 Å². The molecule has 0 aliphatic carbocycles. The van der Waals surface area contributed by atoms with Gasteiger partial charge in [0.1, 0.15) is 11.5 Å². The van der Waals surface area contributed by atoms with Gasteiger partial charge in [-0.3, -0.25) is 20.4 Å².